The Morgan fingerprint density at radius 1 is 1.33 bits per heavy atom. The van der Waals surface area contributed by atoms with Gasteiger partial charge in [0.2, 0.25) is 5.89 Å². The molecule has 3 rings (SSSR count). The topological polar surface area (TPSA) is 94.7 Å². The highest BCUT2D eigenvalue weighted by Crippen LogP contribution is 2.28. The molecule has 1 aromatic heterocycles. The van der Waals surface area contributed by atoms with Crippen molar-refractivity contribution in [3.05, 3.63) is 52.9 Å². The van der Waals surface area contributed by atoms with Crippen molar-refractivity contribution in [2.75, 3.05) is 20.3 Å². The summed E-state index contributed by atoms with van der Waals surface area (Å²) in [6, 6.07) is 4.46. The van der Waals surface area contributed by atoms with Gasteiger partial charge in [0.15, 0.2) is 17.4 Å². The number of benzene rings is 1. The second kappa shape index (κ2) is 10.9. The lowest BCUT2D eigenvalue weighted by molar-refractivity contribution is -0.137. The maximum atomic E-state index is 14.1. The Labute approximate surface area is 174 Å². The summed E-state index contributed by atoms with van der Waals surface area (Å²) < 4.78 is 29.8. The molecule has 1 aromatic carbocycles. The molecule has 2 aromatic rings. The molecule has 0 amide bonds. The maximum Gasteiger partial charge on any atom is 0.303 e. The highest BCUT2D eigenvalue weighted by molar-refractivity contribution is 5.68. The van der Waals surface area contributed by atoms with Gasteiger partial charge in [0.25, 0.3) is 0 Å². The number of carbonyl (C=O) groups is 1. The van der Waals surface area contributed by atoms with Crippen molar-refractivity contribution >= 4 is 5.97 Å². The van der Waals surface area contributed by atoms with Crippen molar-refractivity contribution in [1.82, 2.24) is 10.1 Å². The zero-order chi connectivity index (χ0) is 21.3. The van der Waals surface area contributed by atoms with E-state index in [0.717, 1.165) is 38.9 Å². The van der Waals surface area contributed by atoms with E-state index in [2.05, 4.69) is 16.2 Å². The molecule has 1 unspecified atom stereocenters. The van der Waals surface area contributed by atoms with E-state index >= 15 is 0 Å². The van der Waals surface area contributed by atoms with E-state index in [9.17, 15) is 14.3 Å². The quantitative estimate of drug-likeness (QED) is 0.581. The van der Waals surface area contributed by atoms with Gasteiger partial charge >= 0.3 is 5.97 Å². The van der Waals surface area contributed by atoms with Crippen LogP contribution in [-0.2, 0) is 22.4 Å². The number of carboxylic acids is 1. The first-order valence-electron chi connectivity index (χ1n) is 10.2. The Balaban J connectivity index is 1.60. The van der Waals surface area contributed by atoms with Gasteiger partial charge < -0.3 is 19.1 Å². The second-order valence-corrected chi connectivity index (χ2v) is 7.36. The van der Waals surface area contributed by atoms with Gasteiger partial charge in [0.1, 0.15) is 0 Å². The third-order valence-electron chi connectivity index (χ3n) is 5.16. The predicted octanol–water partition coefficient (Wildman–Crippen LogP) is 4.08. The number of hydrogen-bond acceptors (Lipinski definition) is 6. The van der Waals surface area contributed by atoms with Crippen LogP contribution in [0.5, 0.6) is 5.75 Å². The summed E-state index contributed by atoms with van der Waals surface area (Å²) in [6.07, 6.45) is 6.80. The highest BCUT2D eigenvalue weighted by atomic mass is 19.1. The third kappa shape index (κ3) is 6.38. The van der Waals surface area contributed by atoms with Crippen molar-refractivity contribution in [2.24, 2.45) is 0 Å². The van der Waals surface area contributed by atoms with Crippen molar-refractivity contribution in [3.63, 3.8) is 0 Å². The Hall–Kier alpha value is -2.74. The molecule has 0 spiro atoms. The number of methoxy groups -OCH3 is 1. The molecule has 0 radical (unpaired) electrons. The zero-order valence-corrected chi connectivity index (χ0v) is 17.1. The van der Waals surface area contributed by atoms with E-state index in [4.69, 9.17) is 14.0 Å². The first-order valence-corrected chi connectivity index (χ1v) is 10.2. The SMILES string of the molecule is COc1ccc(C(CC(=O)O)Cc2nc(CCCC3=CCCOCC3)no2)cc1F. The number of rotatable bonds is 10. The zero-order valence-electron chi connectivity index (χ0n) is 17.1. The summed E-state index contributed by atoms with van der Waals surface area (Å²) in [7, 11) is 1.38. The first kappa shape index (κ1) is 22.0. The van der Waals surface area contributed by atoms with Crippen LogP contribution < -0.4 is 4.74 Å². The minimum Gasteiger partial charge on any atom is -0.494 e. The minimum absolute atomic E-state index is 0.114. The molecule has 1 N–H and O–H groups in total. The number of aliphatic carboxylic acids is 1. The Bertz CT molecular complexity index is 880. The van der Waals surface area contributed by atoms with Crippen molar-refractivity contribution < 1.29 is 28.3 Å². The van der Waals surface area contributed by atoms with E-state index in [1.807, 2.05) is 0 Å². The fraction of sp³-hybridized carbons (Fsp3) is 0.500. The van der Waals surface area contributed by atoms with Crippen molar-refractivity contribution in [1.29, 1.82) is 0 Å². The molecule has 7 nitrogen and oxygen atoms in total. The van der Waals surface area contributed by atoms with E-state index in [1.165, 1.54) is 24.8 Å². The summed E-state index contributed by atoms with van der Waals surface area (Å²) in [5.41, 5.74) is 1.96. The van der Waals surface area contributed by atoms with Gasteiger partial charge in [-0.05, 0) is 43.4 Å². The molecule has 0 aliphatic carbocycles. The summed E-state index contributed by atoms with van der Waals surface area (Å²) in [6.45, 7) is 1.56. The molecule has 30 heavy (non-hydrogen) atoms. The third-order valence-corrected chi connectivity index (χ3v) is 5.16. The number of nitrogens with zero attached hydrogens (tertiary/aromatic N) is 2. The predicted molar refractivity (Wildman–Crippen MR) is 107 cm³/mol. The number of carboxylic acid groups (broad SMARTS) is 1. The molecule has 1 aliphatic heterocycles. The van der Waals surface area contributed by atoms with Gasteiger partial charge in [-0.1, -0.05) is 22.9 Å². The second-order valence-electron chi connectivity index (χ2n) is 7.36. The Morgan fingerprint density at radius 3 is 2.97 bits per heavy atom. The number of hydrogen-bond donors (Lipinski definition) is 1. The molecule has 0 fully saturated rings. The smallest absolute Gasteiger partial charge is 0.303 e. The molecule has 162 valence electrons. The summed E-state index contributed by atoms with van der Waals surface area (Å²) in [5.74, 6) is -0.915. The molecular weight excluding hydrogens is 391 g/mol. The van der Waals surface area contributed by atoms with Crippen LogP contribution in [0, 0.1) is 5.82 Å². The van der Waals surface area contributed by atoms with Crippen LogP contribution in [-0.4, -0.2) is 41.5 Å². The van der Waals surface area contributed by atoms with Gasteiger partial charge in [-0.15, -0.1) is 0 Å². The Kier molecular flexibility index (Phi) is 7.96. The first-order chi connectivity index (χ1) is 14.5. The van der Waals surface area contributed by atoms with Crippen LogP contribution in [0.25, 0.3) is 0 Å². The standard InChI is InChI=1S/C22H27FN2O5/c1-28-19-8-7-16(12-18(19)23)17(14-22(26)27)13-21-24-20(25-30-21)6-2-4-15-5-3-10-29-11-9-15/h5,7-8,12,17H,2-4,6,9-11,13-14H2,1H3,(H,26,27). The minimum atomic E-state index is -0.975. The normalized spacial score (nSPS) is 15.3. The molecule has 0 bridgehead atoms. The number of halogens is 1. The average molecular weight is 418 g/mol. The number of aryl methyl sites for hydroxylation is 1. The van der Waals surface area contributed by atoms with Crippen LogP contribution >= 0.6 is 0 Å². The van der Waals surface area contributed by atoms with Crippen LogP contribution in [0.3, 0.4) is 0 Å². The summed E-state index contributed by atoms with van der Waals surface area (Å²) >= 11 is 0. The molecule has 0 saturated heterocycles. The van der Waals surface area contributed by atoms with Crippen LogP contribution in [0.4, 0.5) is 4.39 Å². The van der Waals surface area contributed by atoms with Crippen LogP contribution in [0.2, 0.25) is 0 Å². The lowest BCUT2D eigenvalue weighted by Gasteiger charge is -2.14. The van der Waals surface area contributed by atoms with E-state index in [1.54, 1.807) is 6.07 Å². The summed E-state index contributed by atoms with van der Waals surface area (Å²) in [5, 5.41) is 13.3. The monoisotopic (exact) mass is 418 g/mol. The van der Waals surface area contributed by atoms with E-state index in [-0.39, 0.29) is 18.6 Å². The molecule has 0 saturated carbocycles. The van der Waals surface area contributed by atoms with Crippen molar-refractivity contribution in [2.45, 2.75) is 50.9 Å². The van der Waals surface area contributed by atoms with Gasteiger partial charge in [-0.25, -0.2) is 4.39 Å². The Morgan fingerprint density at radius 2 is 2.20 bits per heavy atom. The van der Waals surface area contributed by atoms with Gasteiger partial charge in [0.05, 0.1) is 26.7 Å². The van der Waals surface area contributed by atoms with Crippen LogP contribution in [0.1, 0.15) is 55.3 Å². The fourth-order valence-corrected chi connectivity index (χ4v) is 3.60. The van der Waals surface area contributed by atoms with Crippen molar-refractivity contribution in [3.8, 4) is 5.75 Å². The summed E-state index contributed by atoms with van der Waals surface area (Å²) in [4.78, 5) is 15.7. The molecule has 8 heteroatoms. The number of ether oxygens (including phenoxy) is 2. The number of aromatic nitrogens is 2. The van der Waals surface area contributed by atoms with Crippen LogP contribution in [0.15, 0.2) is 34.4 Å². The lowest BCUT2D eigenvalue weighted by atomic mass is 9.92. The largest absolute Gasteiger partial charge is 0.494 e. The molecule has 2 heterocycles. The fourth-order valence-electron chi connectivity index (χ4n) is 3.60. The average Bonchev–Trinajstić information content (AvgIpc) is 2.99. The highest BCUT2D eigenvalue weighted by Gasteiger charge is 2.21. The van der Waals surface area contributed by atoms with Gasteiger partial charge in [-0.3, -0.25) is 4.79 Å². The van der Waals surface area contributed by atoms with E-state index in [0.29, 0.717) is 23.7 Å². The molecule has 1 aliphatic rings. The van der Waals surface area contributed by atoms with Gasteiger partial charge in [-0.2, -0.15) is 4.98 Å². The van der Waals surface area contributed by atoms with E-state index < -0.39 is 17.7 Å². The van der Waals surface area contributed by atoms with Gasteiger partial charge in [0, 0.05) is 18.8 Å². The maximum absolute atomic E-state index is 14.1. The molecular formula is C22H27FN2O5. The lowest BCUT2D eigenvalue weighted by Crippen LogP contribution is -2.10. The molecule has 1 atom stereocenters.